The number of nitrogens with one attached hydrogen (secondary N) is 1. The van der Waals surface area contributed by atoms with E-state index in [1.54, 1.807) is 16.8 Å². The van der Waals surface area contributed by atoms with Crippen molar-refractivity contribution in [2.45, 2.75) is 18.9 Å². The summed E-state index contributed by atoms with van der Waals surface area (Å²) in [4.78, 5) is 12.6. The lowest BCUT2D eigenvalue weighted by Crippen LogP contribution is -2.40. The van der Waals surface area contributed by atoms with Crippen LogP contribution in [0.25, 0.3) is 0 Å². The first-order valence-electron chi connectivity index (χ1n) is 6.85. The number of carbonyl (C=O) groups excluding carboxylic acids is 1. The van der Waals surface area contributed by atoms with Gasteiger partial charge in [0.2, 0.25) is 0 Å². The zero-order valence-electron chi connectivity index (χ0n) is 12.5. The first-order valence-corrected chi connectivity index (χ1v) is 7.80. The summed E-state index contributed by atoms with van der Waals surface area (Å²) in [6.07, 6.45) is -9.14. The van der Waals surface area contributed by atoms with Crippen molar-refractivity contribution in [2.24, 2.45) is 0 Å². The number of benzene rings is 1. The molecule has 1 aromatic carbocycles. The number of nitrogens with zero attached hydrogens (tertiary/aromatic N) is 1. The van der Waals surface area contributed by atoms with Gasteiger partial charge in [0.25, 0.3) is 0 Å². The third-order valence-corrected chi connectivity index (χ3v) is 3.81. The summed E-state index contributed by atoms with van der Waals surface area (Å²) in [6, 6.07) is 3.97. The summed E-state index contributed by atoms with van der Waals surface area (Å²) in [5.74, 6) is 0. The largest absolute Gasteiger partial charge is 0.416 e. The molecular formula is C15H12F6N2OS. The molecule has 0 atom stereocenters. The van der Waals surface area contributed by atoms with Crippen LogP contribution >= 0.6 is 11.3 Å². The standard InChI is InChI=1S/C15H12F6N2OS/c16-14(17,18)9-23(7-10-5-6-25-8-10)13(24)22-12-3-1-11(2-4-12)15(19,20)21/h1-6,8H,7,9H2,(H,22,24). The van der Waals surface area contributed by atoms with Crippen LogP contribution in [-0.4, -0.2) is 23.7 Å². The molecule has 0 aliphatic heterocycles. The van der Waals surface area contributed by atoms with Crippen molar-refractivity contribution < 1.29 is 31.1 Å². The molecule has 2 amide bonds. The van der Waals surface area contributed by atoms with Crippen LogP contribution in [0.1, 0.15) is 11.1 Å². The molecule has 1 N–H and O–H groups in total. The van der Waals surface area contributed by atoms with Crippen LogP contribution < -0.4 is 5.32 Å². The summed E-state index contributed by atoms with van der Waals surface area (Å²) >= 11 is 1.27. The van der Waals surface area contributed by atoms with E-state index in [-0.39, 0.29) is 12.2 Å². The van der Waals surface area contributed by atoms with Crippen molar-refractivity contribution in [3.8, 4) is 0 Å². The van der Waals surface area contributed by atoms with Crippen LogP contribution in [0.5, 0.6) is 0 Å². The lowest BCUT2D eigenvalue weighted by Gasteiger charge is -2.24. The van der Waals surface area contributed by atoms with Crippen LogP contribution in [0.4, 0.5) is 36.8 Å². The Labute approximate surface area is 142 Å². The van der Waals surface area contributed by atoms with Gasteiger partial charge >= 0.3 is 18.4 Å². The van der Waals surface area contributed by atoms with E-state index in [0.717, 1.165) is 24.3 Å². The Morgan fingerprint density at radius 2 is 1.68 bits per heavy atom. The molecule has 136 valence electrons. The molecule has 0 radical (unpaired) electrons. The Morgan fingerprint density at radius 3 is 2.16 bits per heavy atom. The first kappa shape index (κ1) is 19.1. The Bertz CT molecular complexity index is 694. The van der Waals surface area contributed by atoms with Crippen LogP contribution in [0.15, 0.2) is 41.1 Å². The number of thiophene rings is 1. The van der Waals surface area contributed by atoms with Gasteiger partial charge in [-0.15, -0.1) is 0 Å². The van der Waals surface area contributed by atoms with Gasteiger partial charge in [-0.3, -0.25) is 0 Å². The minimum absolute atomic E-state index is 0.0320. The highest BCUT2D eigenvalue weighted by atomic mass is 32.1. The van der Waals surface area contributed by atoms with Crippen molar-refractivity contribution in [2.75, 3.05) is 11.9 Å². The van der Waals surface area contributed by atoms with E-state index in [1.807, 2.05) is 0 Å². The molecule has 2 aromatic rings. The van der Waals surface area contributed by atoms with Crippen molar-refractivity contribution in [1.82, 2.24) is 4.90 Å². The fourth-order valence-corrected chi connectivity index (χ4v) is 2.62. The van der Waals surface area contributed by atoms with Gasteiger partial charge in [-0.2, -0.15) is 37.7 Å². The molecule has 0 aliphatic carbocycles. The summed E-state index contributed by atoms with van der Waals surface area (Å²) in [5, 5.41) is 5.45. The van der Waals surface area contributed by atoms with Crippen molar-refractivity contribution in [3.05, 3.63) is 52.2 Å². The lowest BCUT2D eigenvalue weighted by molar-refractivity contribution is -0.140. The summed E-state index contributed by atoms with van der Waals surface area (Å²) in [7, 11) is 0. The smallest absolute Gasteiger partial charge is 0.311 e. The number of alkyl halides is 6. The molecule has 25 heavy (non-hydrogen) atoms. The molecule has 0 aliphatic rings. The van der Waals surface area contributed by atoms with Crippen molar-refractivity contribution in [3.63, 3.8) is 0 Å². The highest BCUT2D eigenvalue weighted by Gasteiger charge is 2.33. The van der Waals surface area contributed by atoms with Gasteiger partial charge in [0.1, 0.15) is 6.54 Å². The number of anilines is 1. The van der Waals surface area contributed by atoms with Gasteiger partial charge in [0.15, 0.2) is 0 Å². The molecule has 10 heteroatoms. The second-order valence-corrected chi connectivity index (χ2v) is 5.89. The van der Waals surface area contributed by atoms with Gasteiger partial charge in [-0.25, -0.2) is 4.79 Å². The van der Waals surface area contributed by atoms with E-state index in [2.05, 4.69) is 5.32 Å². The fraction of sp³-hybridized carbons (Fsp3) is 0.267. The molecule has 0 saturated carbocycles. The molecule has 0 saturated heterocycles. The Hall–Kier alpha value is -2.23. The molecule has 1 heterocycles. The predicted octanol–water partition coefficient (Wildman–Crippen LogP) is 5.36. The summed E-state index contributed by atoms with van der Waals surface area (Å²) in [6.45, 7) is -1.75. The fourth-order valence-electron chi connectivity index (χ4n) is 1.96. The van der Waals surface area contributed by atoms with Crippen LogP contribution in [0.3, 0.4) is 0 Å². The number of hydrogen-bond acceptors (Lipinski definition) is 2. The number of hydrogen-bond donors (Lipinski definition) is 1. The van der Waals surface area contributed by atoms with E-state index in [4.69, 9.17) is 0 Å². The van der Waals surface area contributed by atoms with E-state index in [9.17, 15) is 31.1 Å². The molecular weight excluding hydrogens is 370 g/mol. The minimum atomic E-state index is -4.60. The number of carbonyl (C=O) groups is 1. The highest BCUT2D eigenvalue weighted by Crippen LogP contribution is 2.30. The number of halogens is 6. The number of urea groups is 1. The van der Waals surface area contributed by atoms with Crippen LogP contribution in [-0.2, 0) is 12.7 Å². The average molecular weight is 382 g/mol. The normalized spacial score (nSPS) is 12.1. The Balaban J connectivity index is 2.10. The van der Waals surface area contributed by atoms with Crippen molar-refractivity contribution in [1.29, 1.82) is 0 Å². The monoisotopic (exact) mass is 382 g/mol. The number of rotatable bonds is 4. The quantitative estimate of drug-likeness (QED) is 0.709. The van der Waals surface area contributed by atoms with Gasteiger partial charge in [0.05, 0.1) is 5.56 Å². The lowest BCUT2D eigenvalue weighted by atomic mass is 10.2. The van der Waals surface area contributed by atoms with Gasteiger partial charge < -0.3 is 10.2 Å². The topological polar surface area (TPSA) is 32.3 Å². The van der Waals surface area contributed by atoms with Gasteiger partial charge in [0, 0.05) is 12.2 Å². The van der Waals surface area contributed by atoms with E-state index in [1.165, 1.54) is 11.3 Å². The molecule has 0 unspecified atom stereocenters. The van der Waals surface area contributed by atoms with Gasteiger partial charge in [-0.05, 0) is 46.7 Å². The third kappa shape index (κ3) is 5.96. The first-order chi connectivity index (χ1) is 11.5. The van der Waals surface area contributed by atoms with E-state index >= 15 is 0 Å². The second kappa shape index (κ2) is 7.34. The van der Waals surface area contributed by atoms with Crippen LogP contribution in [0, 0.1) is 0 Å². The molecule has 0 bridgehead atoms. The highest BCUT2D eigenvalue weighted by molar-refractivity contribution is 7.07. The molecule has 1 aromatic heterocycles. The molecule has 2 rings (SSSR count). The SMILES string of the molecule is O=C(Nc1ccc(C(F)(F)F)cc1)N(Cc1ccsc1)CC(F)(F)F. The zero-order chi connectivity index (χ0) is 18.7. The molecule has 0 fully saturated rings. The van der Waals surface area contributed by atoms with Gasteiger partial charge in [-0.1, -0.05) is 0 Å². The predicted molar refractivity (Wildman–Crippen MR) is 81.2 cm³/mol. The summed E-state index contributed by atoms with van der Waals surface area (Å²) in [5.41, 5.74) is -0.428. The number of amides is 2. The van der Waals surface area contributed by atoms with E-state index < -0.39 is 30.5 Å². The zero-order valence-corrected chi connectivity index (χ0v) is 13.3. The second-order valence-electron chi connectivity index (χ2n) is 5.11. The molecule has 0 spiro atoms. The maximum atomic E-state index is 12.7. The van der Waals surface area contributed by atoms with Crippen LogP contribution in [0.2, 0.25) is 0 Å². The van der Waals surface area contributed by atoms with E-state index in [0.29, 0.717) is 10.5 Å². The average Bonchev–Trinajstić information content (AvgIpc) is 2.98. The Kier molecular flexibility index (Phi) is 5.61. The maximum Gasteiger partial charge on any atom is 0.416 e. The summed E-state index contributed by atoms with van der Waals surface area (Å²) < 4.78 is 75.5. The third-order valence-electron chi connectivity index (χ3n) is 3.07. The minimum Gasteiger partial charge on any atom is -0.311 e. The molecule has 3 nitrogen and oxygen atoms in total. The Morgan fingerprint density at radius 1 is 1.04 bits per heavy atom. The maximum absolute atomic E-state index is 12.7. The van der Waals surface area contributed by atoms with Crippen molar-refractivity contribution >= 4 is 23.1 Å².